The summed E-state index contributed by atoms with van der Waals surface area (Å²) < 4.78 is 16.6. The van der Waals surface area contributed by atoms with E-state index < -0.39 is 36.0 Å². The van der Waals surface area contributed by atoms with Gasteiger partial charge in [-0.25, -0.2) is 0 Å². The molecule has 1 atom stereocenters. The summed E-state index contributed by atoms with van der Waals surface area (Å²) in [6.07, 6.45) is -0.946. The second-order valence-electron chi connectivity index (χ2n) is 6.72. The number of ether oxygens (including phenoxy) is 3. The number of allylic oxidation sites excluding steroid dienone is 1. The molecule has 28 heavy (non-hydrogen) atoms. The summed E-state index contributed by atoms with van der Waals surface area (Å²) in [6.45, 7) is 6.63. The maximum Gasteiger partial charge on any atom is 0.321 e. The van der Waals surface area contributed by atoms with Gasteiger partial charge in [0, 0.05) is 10.6 Å². The highest BCUT2D eigenvalue weighted by Crippen LogP contribution is 2.47. The summed E-state index contributed by atoms with van der Waals surface area (Å²) in [5.41, 5.74) is 6.20. The third-order valence-electron chi connectivity index (χ3n) is 3.83. The van der Waals surface area contributed by atoms with Gasteiger partial charge in [0.25, 0.3) is 0 Å². The lowest BCUT2D eigenvalue weighted by Gasteiger charge is -2.31. The van der Waals surface area contributed by atoms with Gasteiger partial charge < -0.3 is 19.9 Å². The first-order chi connectivity index (χ1) is 13.1. The molecule has 0 spiro atoms. The van der Waals surface area contributed by atoms with Crippen LogP contribution in [0.4, 0.5) is 0 Å². The van der Waals surface area contributed by atoms with Crippen molar-refractivity contribution in [3.63, 3.8) is 0 Å². The number of halogens is 2. The molecule has 0 fully saturated rings. The molecule has 0 aromatic heterocycles. The van der Waals surface area contributed by atoms with Crippen molar-refractivity contribution in [3.05, 3.63) is 38.6 Å². The zero-order valence-corrected chi connectivity index (χ0v) is 18.1. The van der Waals surface area contributed by atoms with Crippen LogP contribution < -0.4 is 10.5 Å². The largest absolute Gasteiger partial charge is 0.462 e. The van der Waals surface area contributed by atoms with E-state index in [0.29, 0.717) is 15.1 Å². The van der Waals surface area contributed by atoms with E-state index in [1.807, 2.05) is 6.07 Å². The summed E-state index contributed by atoms with van der Waals surface area (Å²) in [7, 11) is 0. The highest BCUT2D eigenvalue weighted by Gasteiger charge is 2.46. The van der Waals surface area contributed by atoms with E-state index in [1.165, 1.54) is 6.07 Å². The molecule has 0 amide bonds. The number of rotatable bonds is 5. The molecule has 2 N–H and O–H groups in total. The SMILES string of the molecule is CC(C)OC(=O)C(C(=O)OC(C)C)[C@H]1C(C#N)=C(N)Oc2c(Br)cc(Cl)cc21. The Morgan fingerprint density at radius 3 is 2.21 bits per heavy atom. The Bertz CT molecular complexity index is 854. The molecule has 7 nitrogen and oxygen atoms in total. The predicted molar refractivity (Wildman–Crippen MR) is 105 cm³/mol. The molecule has 1 aliphatic heterocycles. The van der Waals surface area contributed by atoms with Crippen molar-refractivity contribution < 1.29 is 23.8 Å². The molecule has 0 radical (unpaired) electrons. The molecular formula is C19H20BrClN2O5. The third kappa shape index (κ3) is 4.59. The van der Waals surface area contributed by atoms with Crippen LogP contribution in [0.25, 0.3) is 0 Å². The lowest BCUT2D eigenvalue weighted by atomic mass is 9.79. The van der Waals surface area contributed by atoms with E-state index in [1.54, 1.807) is 33.8 Å². The molecule has 9 heteroatoms. The van der Waals surface area contributed by atoms with Gasteiger partial charge >= 0.3 is 11.9 Å². The highest BCUT2D eigenvalue weighted by atomic mass is 79.9. The quantitative estimate of drug-likeness (QED) is 0.513. The minimum Gasteiger partial charge on any atom is -0.462 e. The number of fused-ring (bicyclic) bond motifs is 1. The fourth-order valence-electron chi connectivity index (χ4n) is 2.84. The van der Waals surface area contributed by atoms with Gasteiger partial charge in [0.15, 0.2) is 5.92 Å². The van der Waals surface area contributed by atoms with Gasteiger partial charge in [-0.2, -0.15) is 5.26 Å². The number of carbonyl (C=O) groups is 2. The average Bonchev–Trinajstić information content (AvgIpc) is 2.54. The van der Waals surface area contributed by atoms with Crippen molar-refractivity contribution in [2.24, 2.45) is 11.7 Å². The molecule has 0 bridgehead atoms. The summed E-state index contributed by atoms with van der Waals surface area (Å²) in [5, 5.41) is 9.98. The molecule has 0 saturated heterocycles. The maximum atomic E-state index is 12.8. The zero-order valence-electron chi connectivity index (χ0n) is 15.8. The van der Waals surface area contributed by atoms with Crippen LogP contribution in [0.3, 0.4) is 0 Å². The summed E-state index contributed by atoms with van der Waals surface area (Å²) in [4.78, 5) is 25.7. The van der Waals surface area contributed by atoms with Crippen LogP contribution in [-0.2, 0) is 19.1 Å². The lowest BCUT2D eigenvalue weighted by Crippen LogP contribution is -2.38. The van der Waals surface area contributed by atoms with E-state index in [-0.39, 0.29) is 17.2 Å². The number of nitrogens with zero attached hydrogens (tertiary/aromatic N) is 1. The normalized spacial score (nSPS) is 15.9. The van der Waals surface area contributed by atoms with Crippen molar-refractivity contribution >= 4 is 39.5 Å². The number of nitriles is 1. The monoisotopic (exact) mass is 470 g/mol. The summed E-state index contributed by atoms with van der Waals surface area (Å²) >= 11 is 9.49. The van der Waals surface area contributed by atoms with Gasteiger partial charge in [-0.15, -0.1) is 0 Å². The lowest BCUT2D eigenvalue weighted by molar-refractivity contribution is -0.167. The Labute approximate surface area is 176 Å². The number of nitrogens with two attached hydrogens (primary N) is 1. The average molecular weight is 472 g/mol. The predicted octanol–water partition coefficient (Wildman–Crippen LogP) is 3.79. The molecule has 1 aliphatic rings. The van der Waals surface area contributed by atoms with Crippen LogP contribution in [0.5, 0.6) is 5.75 Å². The topological polar surface area (TPSA) is 112 Å². The Morgan fingerprint density at radius 1 is 1.21 bits per heavy atom. The minimum atomic E-state index is -1.45. The molecule has 0 unspecified atom stereocenters. The second kappa shape index (κ2) is 8.84. The van der Waals surface area contributed by atoms with Gasteiger partial charge in [-0.05, 0) is 55.8 Å². The van der Waals surface area contributed by atoms with Crippen LogP contribution >= 0.6 is 27.5 Å². The van der Waals surface area contributed by atoms with E-state index >= 15 is 0 Å². The fourth-order valence-corrected chi connectivity index (χ4v) is 3.76. The van der Waals surface area contributed by atoms with E-state index in [2.05, 4.69) is 15.9 Å². The van der Waals surface area contributed by atoms with Crippen LogP contribution in [0.1, 0.15) is 39.2 Å². The zero-order chi connectivity index (χ0) is 21.2. The van der Waals surface area contributed by atoms with Gasteiger partial charge in [0.2, 0.25) is 5.88 Å². The van der Waals surface area contributed by atoms with Crippen LogP contribution in [0.15, 0.2) is 28.1 Å². The Hall–Kier alpha value is -2.24. The van der Waals surface area contributed by atoms with E-state index in [4.69, 9.17) is 31.5 Å². The minimum absolute atomic E-state index is 0.0759. The molecular weight excluding hydrogens is 452 g/mol. The first kappa shape index (κ1) is 22.1. The number of esters is 2. The Morgan fingerprint density at radius 2 is 1.75 bits per heavy atom. The fraction of sp³-hybridized carbons (Fsp3) is 0.421. The number of carbonyl (C=O) groups excluding carboxylic acids is 2. The molecule has 150 valence electrons. The van der Waals surface area contributed by atoms with Crippen molar-refractivity contribution in [2.45, 2.75) is 45.8 Å². The first-order valence-corrected chi connectivity index (χ1v) is 9.71. The number of hydrogen-bond donors (Lipinski definition) is 1. The highest BCUT2D eigenvalue weighted by molar-refractivity contribution is 9.10. The van der Waals surface area contributed by atoms with Crippen LogP contribution in [0.2, 0.25) is 5.02 Å². The summed E-state index contributed by atoms with van der Waals surface area (Å²) in [5.74, 6) is -4.11. The number of hydrogen-bond acceptors (Lipinski definition) is 7. The van der Waals surface area contributed by atoms with Gasteiger partial charge in [-0.1, -0.05) is 11.6 Å². The summed E-state index contributed by atoms with van der Waals surface area (Å²) in [6, 6.07) is 5.04. The number of benzene rings is 1. The van der Waals surface area contributed by atoms with E-state index in [9.17, 15) is 14.9 Å². The van der Waals surface area contributed by atoms with Crippen molar-refractivity contribution in [1.82, 2.24) is 0 Å². The molecule has 0 saturated carbocycles. The van der Waals surface area contributed by atoms with Gasteiger partial charge in [0.05, 0.1) is 28.2 Å². The van der Waals surface area contributed by atoms with Crippen molar-refractivity contribution in [2.75, 3.05) is 0 Å². The van der Waals surface area contributed by atoms with Crippen molar-refractivity contribution in [3.8, 4) is 11.8 Å². The molecule has 1 heterocycles. The van der Waals surface area contributed by atoms with Crippen LogP contribution in [-0.4, -0.2) is 24.1 Å². The van der Waals surface area contributed by atoms with Gasteiger partial charge in [-0.3, -0.25) is 9.59 Å². The van der Waals surface area contributed by atoms with E-state index in [0.717, 1.165) is 0 Å². The first-order valence-electron chi connectivity index (χ1n) is 8.54. The van der Waals surface area contributed by atoms with Crippen LogP contribution in [0, 0.1) is 17.2 Å². The molecule has 1 aromatic rings. The molecule has 1 aromatic carbocycles. The smallest absolute Gasteiger partial charge is 0.321 e. The second-order valence-corrected chi connectivity index (χ2v) is 8.02. The maximum absolute atomic E-state index is 12.8. The van der Waals surface area contributed by atoms with Gasteiger partial charge in [0.1, 0.15) is 11.8 Å². The Balaban J connectivity index is 2.70. The third-order valence-corrected chi connectivity index (χ3v) is 4.63. The Kier molecular flexibility index (Phi) is 6.96. The molecule has 0 aliphatic carbocycles. The molecule has 2 rings (SSSR count). The van der Waals surface area contributed by atoms with Crippen molar-refractivity contribution in [1.29, 1.82) is 5.26 Å². The standard InChI is InChI=1S/C19H20BrClN2O5/c1-8(2)26-18(24)15(19(25)27-9(3)4)14-11-5-10(21)6-13(20)16(11)28-17(23)12(14)7-22/h5-6,8-9,14-15H,23H2,1-4H3/t14-/m1/s1.